The normalized spacial score (nSPS) is 15.8. The van der Waals surface area contributed by atoms with Crippen molar-refractivity contribution in [3.05, 3.63) is 58.7 Å². The number of benzene rings is 1. The van der Waals surface area contributed by atoms with Crippen LogP contribution in [0.1, 0.15) is 57.9 Å². The minimum Gasteiger partial charge on any atom is -0.354 e. The van der Waals surface area contributed by atoms with Crippen LogP contribution in [0.25, 0.3) is 11.4 Å². The summed E-state index contributed by atoms with van der Waals surface area (Å²) in [6.45, 7) is 9.81. The number of piperazine rings is 1. The van der Waals surface area contributed by atoms with E-state index < -0.39 is 0 Å². The van der Waals surface area contributed by atoms with Crippen LogP contribution in [-0.4, -0.2) is 62.8 Å². The molecule has 3 aromatic rings. The van der Waals surface area contributed by atoms with Crippen molar-refractivity contribution in [3.63, 3.8) is 0 Å². The van der Waals surface area contributed by atoms with Gasteiger partial charge >= 0.3 is 0 Å². The first-order chi connectivity index (χ1) is 14.9. The van der Waals surface area contributed by atoms with Gasteiger partial charge in [0, 0.05) is 43.0 Å². The molecule has 1 unspecified atom stereocenters. The SMILES string of the molecule is CC(=O)c1c(C)[nH]c(C(=O)N2CCN(C(C)c3nc(-c4ccccc4)no3)CC2)c1C. The molecule has 1 fully saturated rings. The van der Waals surface area contributed by atoms with E-state index in [1.807, 2.05) is 56.0 Å². The topological polar surface area (TPSA) is 95.3 Å². The molecule has 162 valence electrons. The first-order valence-electron chi connectivity index (χ1n) is 10.5. The molecule has 1 amide bonds. The third-order valence-electron chi connectivity index (χ3n) is 5.98. The number of amides is 1. The van der Waals surface area contributed by atoms with E-state index in [0.29, 0.717) is 49.2 Å². The Morgan fingerprint density at radius 3 is 2.39 bits per heavy atom. The molecule has 1 atom stereocenters. The third-order valence-corrected chi connectivity index (χ3v) is 5.98. The average Bonchev–Trinajstić information content (AvgIpc) is 3.38. The summed E-state index contributed by atoms with van der Waals surface area (Å²) in [5.41, 5.74) is 3.51. The highest BCUT2D eigenvalue weighted by Gasteiger charge is 2.30. The maximum absolute atomic E-state index is 13.0. The van der Waals surface area contributed by atoms with Crippen LogP contribution in [-0.2, 0) is 0 Å². The maximum atomic E-state index is 13.0. The molecule has 0 aliphatic carbocycles. The van der Waals surface area contributed by atoms with Gasteiger partial charge in [0.15, 0.2) is 5.78 Å². The van der Waals surface area contributed by atoms with Crippen molar-refractivity contribution in [1.29, 1.82) is 0 Å². The summed E-state index contributed by atoms with van der Waals surface area (Å²) in [6.07, 6.45) is 0. The lowest BCUT2D eigenvalue weighted by Crippen LogP contribution is -2.49. The van der Waals surface area contributed by atoms with Crippen molar-refractivity contribution in [2.45, 2.75) is 33.7 Å². The van der Waals surface area contributed by atoms with E-state index in [2.05, 4.69) is 20.0 Å². The number of nitrogens with one attached hydrogen (secondary N) is 1. The Morgan fingerprint density at radius 1 is 1.10 bits per heavy atom. The van der Waals surface area contributed by atoms with E-state index in [1.54, 1.807) is 0 Å². The Kier molecular flexibility index (Phi) is 5.73. The fourth-order valence-electron chi connectivity index (χ4n) is 4.23. The van der Waals surface area contributed by atoms with E-state index in [1.165, 1.54) is 6.92 Å². The number of rotatable bonds is 5. The van der Waals surface area contributed by atoms with Crippen molar-refractivity contribution < 1.29 is 14.1 Å². The monoisotopic (exact) mass is 421 g/mol. The zero-order valence-corrected chi connectivity index (χ0v) is 18.3. The van der Waals surface area contributed by atoms with Crippen LogP contribution in [0.3, 0.4) is 0 Å². The van der Waals surface area contributed by atoms with Crippen LogP contribution in [0.5, 0.6) is 0 Å². The second kappa shape index (κ2) is 8.47. The van der Waals surface area contributed by atoms with Gasteiger partial charge < -0.3 is 14.4 Å². The molecule has 0 radical (unpaired) electrons. The van der Waals surface area contributed by atoms with Crippen molar-refractivity contribution in [2.24, 2.45) is 0 Å². The molecule has 1 aliphatic heterocycles. The molecular formula is C23H27N5O3. The predicted octanol–water partition coefficient (Wildman–Crippen LogP) is 3.40. The molecule has 0 spiro atoms. The van der Waals surface area contributed by atoms with Crippen molar-refractivity contribution in [3.8, 4) is 11.4 Å². The van der Waals surface area contributed by atoms with Crippen LogP contribution in [0.15, 0.2) is 34.9 Å². The summed E-state index contributed by atoms with van der Waals surface area (Å²) in [5.74, 6) is 1.05. The van der Waals surface area contributed by atoms with E-state index >= 15 is 0 Å². The van der Waals surface area contributed by atoms with Gasteiger partial charge in [0.05, 0.1) is 6.04 Å². The minimum absolute atomic E-state index is 0.0293. The molecule has 2 aromatic heterocycles. The van der Waals surface area contributed by atoms with Crippen LogP contribution in [0.2, 0.25) is 0 Å². The maximum Gasteiger partial charge on any atom is 0.270 e. The number of hydrogen-bond donors (Lipinski definition) is 1. The summed E-state index contributed by atoms with van der Waals surface area (Å²) in [6, 6.07) is 9.69. The Hall–Kier alpha value is -3.26. The lowest BCUT2D eigenvalue weighted by atomic mass is 10.1. The van der Waals surface area contributed by atoms with Gasteiger partial charge in [0.2, 0.25) is 11.7 Å². The largest absolute Gasteiger partial charge is 0.354 e. The molecule has 0 saturated carbocycles. The number of H-pyrrole nitrogens is 1. The smallest absolute Gasteiger partial charge is 0.270 e. The first-order valence-corrected chi connectivity index (χ1v) is 10.5. The Labute approximate surface area is 181 Å². The van der Waals surface area contributed by atoms with Gasteiger partial charge in [-0.25, -0.2) is 0 Å². The molecule has 1 N–H and O–H groups in total. The van der Waals surface area contributed by atoms with Gasteiger partial charge in [0.1, 0.15) is 5.69 Å². The molecular weight excluding hydrogens is 394 g/mol. The van der Waals surface area contributed by atoms with Gasteiger partial charge in [-0.05, 0) is 33.3 Å². The van der Waals surface area contributed by atoms with Crippen molar-refractivity contribution >= 4 is 11.7 Å². The molecule has 1 saturated heterocycles. The summed E-state index contributed by atoms with van der Waals surface area (Å²) in [7, 11) is 0. The minimum atomic E-state index is -0.0652. The van der Waals surface area contributed by atoms with Gasteiger partial charge in [-0.15, -0.1) is 0 Å². The first kappa shape index (κ1) is 21.0. The highest BCUT2D eigenvalue weighted by atomic mass is 16.5. The molecule has 1 aromatic carbocycles. The van der Waals surface area contributed by atoms with Crippen molar-refractivity contribution in [2.75, 3.05) is 26.2 Å². The van der Waals surface area contributed by atoms with Gasteiger partial charge in [-0.1, -0.05) is 35.5 Å². The second-order valence-corrected chi connectivity index (χ2v) is 8.01. The summed E-state index contributed by atoms with van der Waals surface area (Å²) in [5, 5.41) is 4.11. The predicted molar refractivity (Wildman–Crippen MR) is 116 cm³/mol. The number of Topliss-reactive ketones (excluding diaryl/α,β-unsaturated/α-hetero) is 1. The summed E-state index contributed by atoms with van der Waals surface area (Å²) < 4.78 is 5.51. The summed E-state index contributed by atoms with van der Waals surface area (Å²) >= 11 is 0. The van der Waals surface area contributed by atoms with Crippen LogP contribution >= 0.6 is 0 Å². The molecule has 31 heavy (non-hydrogen) atoms. The standard InChI is InChI=1S/C23H27N5O3/c1-14-19(17(4)29)15(2)24-20(14)23(30)28-12-10-27(11-13-28)16(3)22-25-21(26-31-22)18-8-6-5-7-9-18/h5-9,16,24H,10-13H2,1-4H3. The number of ketones is 1. The zero-order chi connectivity index (χ0) is 22.1. The number of hydrogen-bond acceptors (Lipinski definition) is 6. The Balaban J connectivity index is 1.41. The molecule has 1 aliphatic rings. The lowest BCUT2D eigenvalue weighted by molar-refractivity contribution is 0.0546. The highest BCUT2D eigenvalue weighted by Crippen LogP contribution is 2.25. The number of aromatic nitrogens is 3. The molecule has 4 rings (SSSR count). The molecule has 0 bridgehead atoms. The lowest BCUT2D eigenvalue weighted by Gasteiger charge is -2.36. The van der Waals surface area contributed by atoms with Gasteiger partial charge in [-0.2, -0.15) is 4.98 Å². The molecule has 8 heteroatoms. The van der Waals surface area contributed by atoms with E-state index in [4.69, 9.17) is 4.52 Å². The third kappa shape index (κ3) is 4.03. The van der Waals surface area contributed by atoms with Crippen LogP contribution in [0.4, 0.5) is 0 Å². The van der Waals surface area contributed by atoms with E-state index in [0.717, 1.165) is 16.8 Å². The second-order valence-electron chi connectivity index (χ2n) is 8.01. The Bertz CT molecular complexity index is 1090. The van der Waals surface area contributed by atoms with E-state index in [9.17, 15) is 9.59 Å². The zero-order valence-electron chi connectivity index (χ0n) is 18.3. The van der Waals surface area contributed by atoms with Crippen LogP contribution < -0.4 is 0 Å². The highest BCUT2D eigenvalue weighted by molar-refractivity contribution is 6.02. The van der Waals surface area contributed by atoms with E-state index in [-0.39, 0.29) is 17.7 Å². The van der Waals surface area contributed by atoms with Gasteiger partial charge in [0.25, 0.3) is 5.91 Å². The molecule has 3 heterocycles. The quantitative estimate of drug-likeness (QED) is 0.635. The number of carbonyl (C=O) groups is 2. The fraction of sp³-hybridized carbons (Fsp3) is 0.391. The van der Waals surface area contributed by atoms with Crippen LogP contribution in [0, 0.1) is 13.8 Å². The molecule has 8 nitrogen and oxygen atoms in total. The fourth-order valence-corrected chi connectivity index (χ4v) is 4.23. The number of nitrogens with zero attached hydrogens (tertiary/aromatic N) is 4. The van der Waals surface area contributed by atoms with Gasteiger partial charge in [-0.3, -0.25) is 14.5 Å². The number of carbonyl (C=O) groups excluding carboxylic acids is 2. The average molecular weight is 422 g/mol. The number of aryl methyl sites for hydroxylation is 1. The summed E-state index contributed by atoms with van der Waals surface area (Å²) in [4.78, 5) is 36.6. The number of aromatic amines is 1. The Morgan fingerprint density at radius 2 is 1.77 bits per heavy atom. The van der Waals surface area contributed by atoms with Crippen molar-refractivity contribution in [1.82, 2.24) is 24.9 Å².